The van der Waals surface area contributed by atoms with Crippen molar-refractivity contribution in [3.8, 4) is 10.4 Å². The normalized spacial score (nSPS) is 21.7. The fourth-order valence-electron chi connectivity index (χ4n) is 2.06. The van der Waals surface area contributed by atoms with Gasteiger partial charge in [0, 0.05) is 0 Å². The van der Waals surface area contributed by atoms with Crippen molar-refractivity contribution in [2.24, 2.45) is 0 Å². The second-order valence-electron chi connectivity index (χ2n) is 4.45. The topological polar surface area (TPSA) is 93.6 Å². The van der Waals surface area contributed by atoms with Crippen LogP contribution in [-0.4, -0.2) is 34.2 Å². The van der Waals surface area contributed by atoms with Gasteiger partial charge in [-0.15, -0.1) is 0 Å². The Bertz CT molecular complexity index is 767. The zero-order chi connectivity index (χ0) is 15.0. The van der Waals surface area contributed by atoms with Gasteiger partial charge >= 0.3 is 143 Å². The molecule has 0 aliphatic carbocycles. The van der Waals surface area contributed by atoms with Gasteiger partial charge in [-0.3, -0.25) is 0 Å². The van der Waals surface area contributed by atoms with Crippen LogP contribution in [0.2, 0.25) is 0 Å². The number of aromatic amines is 1. The van der Waals surface area contributed by atoms with Gasteiger partial charge in [0.2, 0.25) is 0 Å². The van der Waals surface area contributed by atoms with Crippen molar-refractivity contribution in [3.05, 3.63) is 39.2 Å². The number of aliphatic hydroxyl groups is 1. The molecule has 0 amide bonds. The molecule has 1 aliphatic rings. The summed E-state index contributed by atoms with van der Waals surface area (Å²) in [5.74, 6) is 0. The van der Waals surface area contributed by atoms with Gasteiger partial charge in [-0.05, 0) is 0 Å². The third-order valence-electron chi connectivity index (χ3n) is 3.05. The number of rotatable bonds is 3. The predicted molar refractivity (Wildman–Crippen MR) is 71.2 cm³/mol. The van der Waals surface area contributed by atoms with Gasteiger partial charge in [0.1, 0.15) is 0 Å². The van der Waals surface area contributed by atoms with E-state index in [1.807, 2.05) is 12.1 Å². The number of aliphatic hydroxyl groups excluding tert-OH is 1. The van der Waals surface area contributed by atoms with Crippen LogP contribution in [-0.2, 0) is 40.4 Å². The van der Waals surface area contributed by atoms with Crippen LogP contribution in [0, 0.1) is 0 Å². The summed E-state index contributed by atoms with van der Waals surface area (Å²) in [4.78, 5) is 27.0. The summed E-state index contributed by atoms with van der Waals surface area (Å²) in [5.41, 5.74) is -0.550. The Kier molecular flexibility index (Phi) is 4.53. The molecule has 2 aromatic rings. The molecule has 3 heterocycles. The van der Waals surface area contributed by atoms with Crippen LogP contribution in [0.4, 0.5) is 0 Å². The van der Waals surface area contributed by atoms with Crippen molar-refractivity contribution >= 4 is 13.0 Å². The van der Waals surface area contributed by atoms with Crippen LogP contribution in [0.5, 0.6) is 0 Å². The molecule has 21 heavy (non-hydrogen) atoms. The summed E-state index contributed by atoms with van der Waals surface area (Å²) < 4.78 is 13.1. The molecule has 3 rings (SSSR count). The van der Waals surface area contributed by atoms with E-state index in [0.29, 0.717) is 5.56 Å². The average molecular weight is 384 g/mol. The molecule has 2 N–H and O–H groups in total. The van der Waals surface area contributed by atoms with Gasteiger partial charge in [0.05, 0.1) is 0 Å². The molecule has 0 radical (unpaired) electrons. The second kappa shape index (κ2) is 6.23. The van der Waals surface area contributed by atoms with Crippen LogP contribution in [0.15, 0.2) is 27.9 Å². The van der Waals surface area contributed by atoms with Crippen LogP contribution in [0.25, 0.3) is 10.4 Å². The van der Waals surface area contributed by atoms with Crippen molar-refractivity contribution in [3.63, 3.8) is 0 Å². The predicted octanol–water partition coefficient (Wildman–Crippen LogP) is -0.699. The van der Waals surface area contributed by atoms with Crippen molar-refractivity contribution in [2.75, 3.05) is 13.2 Å². The monoisotopic (exact) mass is 384 g/mol. The Hall–Kier alpha value is -0.636. The first kappa shape index (κ1) is 15.3. The first-order valence-electron chi connectivity index (χ1n) is 6.17. The second-order valence-corrected chi connectivity index (χ2v) is 8.12. The number of H-pyrrole nitrogens is 1. The molecular weight excluding hydrogens is 373 g/mol. The number of thiophene rings is 1. The molecule has 0 bridgehead atoms. The molecule has 2 atom stereocenters. The third-order valence-corrected chi connectivity index (χ3v) is 5.34. The maximum atomic E-state index is 12.0. The zero-order valence-electron chi connectivity index (χ0n) is 10.8. The Labute approximate surface area is 143 Å². The molecule has 1 saturated heterocycles. The van der Waals surface area contributed by atoms with Crippen LogP contribution in [0.1, 0.15) is 6.23 Å². The SMILES string of the molecule is O=c1[nH]c(=O)n(C2COC(CO)O2)cc1-c1cc[c]([Y])s1. The minimum atomic E-state index is -0.744. The Morgan fingerprint density at radius 3 is 2.90 bits per heavy atom. The molecule has 1 fully saturated rings. The van der Waals surface area contributed by atoms with E-state index in [0.717, 1.165) is 35.8 Å². The van der Waals surface area contributed by atoms with E-state index in [2.05, 4.69) is 4.98 Å². The number of ether oxygens (including phenoxy) is 2. The van der Waals surface area contributed by atoms with Gasteiger partial charge in [0.25, 0.3) is 0 Å². The summed E-state index contributed by atoms with van der Waals surface area (Å²) in [6.45, 7) is -0.136. The first-order valence-corrected chi connectivity index (χ1v) is 8.41. The Morgan fingerprint density at radius 1 is 1.48 bits per heavy atom. The molecular formula is C12H11N2O5SY. The van der Waals surface area contributed by atoms with Crippen LogP contribution < -0.4 is 12.9 Å². The fraction of sp³-hybridized carbons (Fsp3) is 0.333. The number of nitrogens with one attached hydrogen (secondary N) is 1. The first-order chi connectivity index (χ1) is 10.1. The summed E-state index contributed by atoms with van der Waals surface area (Å²) in [6, 6.07) is 3.83. The standard InChI is InChI=1S/C12H11N2O5S.Y/c15-5-10-18-6-9(19-10)14-4-7(8-2-1-3-20-8)11(16)13-12(14)17;/h1-2,4,9-10,15H,5-6H2,(H,13,16,17);. The van der Waals surface area contributed by atoms with E-state index in [4.69, 9.17) is 14.6 Å². The fourth-order valence-corrected chi connectivity index (χ4v) is 4.01. The van der Waals surface area contributed by atoms with Gasteiger partial charge in [0.15, 0.2) is 0 Å². The molecule has 7 nitrogen and oxygen atoms in total. The van der Waals surface area contributed by atoms with E-state index in [1.54, 1.807) is 0 Å². The van der Waals surface area contributed by atoms with Crippen molar-refractivity contribution < 1.29 is 45.5 Å². The zero-order valence-corrected chi connectivity index (χ0v) is 14.5. The van der Waals surface area contributed by atoms with E-state index in [9.17, 15) is 9.59 Å². The maximum absolute atomic E-state index is 12.0. The number of hydrogen-bond acceptors (Lipinski definition) is 6. The van der Waals surface area contributed by atoms with E-state index in [1.165, 1.54) is 23.8 Å². The molecule has 2 aromatic heterocycles. The van der Waals surface area contributed by atoms with E-state index < -0.39 is 23.8 Å². The average Bonchev–Trinajstić information content (AvgIpc) is 3.08. The number of aromatic nitrogens is 2. The Morgan fingerprint density at radius 2 is 2.29 bits per heavy atom. The molecule has 108 valence electrons. The summed E-state index contributed by atoms with van der Waals surface area (Å²) in [6.07, 6.45) is 0.0906. The van der Waals surface area contributed by atoms with Crippen LogP contribution in [0.3, 0.4) is 0 Å². The minimum absolute atomic E-state index is 0.145. The summed E-state index contributed by atoms with van der Waals surface area (Å²) in [7, 11) is 0. The van der Waals surface area contributed by atoms with Crippen molar-refractivity contribution in [1.82, 2.24) is 9.55 Å². The summed E-state index contributed by atoms with van der Waals surface area (Å²) >= 11 is 2.50. The number of nitrogens with zero attached hydrogens (tertiary/aromatic N) is 1. The van der Waals surface area contributed by atoms with Gasteiger partial charge in [-0.1, -0.05) is 0 Å². The molecule has 2 unspecified atom stereocenters. The van der Waals surface area contributed by atoms with E-state index in [-0.39, 0.29) is 13.2 Å². The van der Waals surface area contributed by atoms with Gasteiger partial charge < -0.3 is 0 Å². The van der Waals surface area contributed by atoms with Crippen molar-refractivity contribution in [2.45, 2.75) is 12.5 Å². The third kappa shape index (κ3) is 3.10. The molecule has 0 aromatic carbocycles. The molecule has 0 saturated carbocycles. The number of hydrogen-bond donors (Lipinski definition) is 2. The van der Waals surface area contributed by atoms with Gasteiger partial charge in [-0.2, -0.15) is 0 Å². The Balaban J connectivity index is 2.02. The quantitative estimate of drug-likeness (QED) is 0.730. The molecule has 1 aliphatic heterocycles. The van der Waals surface area contributed by atoms with Gasteiger partial charge in [-0.25, -0.2) is 0 Å². The van der Waals surface area contributed by atoms with E-state index >= 15 is 0 Å². The molecule has 9 heteroatoms. The molecule has 0 spiro atoms. The summed E-state index contributed by atoms with van der Waals surface area (Å²) in [5, 5.41) is 8.99. The van der Waals surface area contributed by atoms with Crippen molar-refractivity contribution in [1.29, 1.82) is 0 Å². The van der Waals surface area contributed by atoms with Crippen LogP contribution >= 0.6 is 11.3 Å².